The van der Waals surface area contributed by atoms with Crippen LogP contribution in [0.4, 0.5) is 5.69 Å². The SMILES string of the molecule is CC[C@@]1(O)C(=O)OCc2c1cc1n(c2=O)Cc2cc3c(N(C)C=N)c(OC)ccc3nc2-1. The zero-order chi connectivity index (χ0) is 22.8. The highest BCUT2D eigenvalue weighted by atomic mass is 16.6. The number of carbonyl (C=O) groups is 1. The Kier molecular flexibility index (Phi) is 4.35. The molecule has 0 amide bonds. The zero-order valence-electron chi connectivity index (χ0n) is 17.9. The van der Waals surface area contributed by atoms with Gasteiger partial charge >= 0.3 is 5.97 Å². The highest BCUT2D eigenvalue weighted by Gasteiger charge is 2.45. The van der Waals surface area contributed by atoms with Gasteiger partial charge in [0, 0.05) is 23.6 Å². The molecule has 0 saturated heterocycles. The van der Waals surface area contributed by atoms with Gasteiger partial charge in [-0.25, -0.2) is 9.78 Å². The lowest BCUT2D eigenvalue weighted by Crippen LogP contribution is -2.44. The molecule has 164 valence electrons. The molecule has 3 aromatic rings. The summed E-state index contributed by atoms with van der Waals surface area (Å²) in [5.74, 6) is -0.134. The molecule has 2 N–H and O–H groups in total. The van der Waals surface area contributed by atoms with Crippen molar-refractivity contribution >= 4 is 28.9 Å². The fourth-order valence-electron chi connectivity index (χ4n) is 4.61. The lowest BCUT2D eigenvalue weighted by Gasteiger charge is -2.31. The van der Waals surface area contributed by atoms with Gasteiger partial charge in [-0.15, -0.1) is 0 Å². The molecule has 1 aromatic carbocycles. The predicted octanol–water partition coefficient (Wildman–Crippen LogP) is 2.13. The molecule has 0 aliphatic carbocycles. The molecule has 2 aliphatic heterocycles. The number of carbonyl (C=O) groups excluding carboxylic acids is 1. The number of fused-ring (bicyclic) bond motifs is 5. The lowest BCUT2D eigenvalue weighted by molar-refractivity contribution is -0.172. The van der Waals surface area contributed by atoms with E-state index in [1.165, 1.54) is 6.34 Å². The normalized spacial score (nSPS) is 18.6. The number of benzene rings is 1. The number of nitrogens with one attached hydrogen (secondary N) is 1. The molecular formula is C23H22N4O5. The summed E-state index contributed by atoms with van der Waals surface area (Å²) in [6.07, 6.45) is 1.29. The summed E-state index contributed by atoms with van der Waals surface area (Å²) in [6, 6.07) is 7.26. The summed E-state index contributed by atoms with van der Waals surface area (Å²) in [6.45, 7) is 1.83. The molecule has 4 heterocycles. The van der Waals surface area contributed by atoms with Crippen molar-refractivity contribution in [1.82, 2.24) is 9.55 Å². The summed E-state index contributed by atoms with van der Waals surface area (Å²) in [4.78, 5) is 32.0. The Hall–Kier alpha value is -3.72. The summed E-state index contributed by atoms with van der Waals surface area (Å²) in [5, 5.41) is 19.4. The molecule has 0 saturated carbocycles. The molecule has 0 fully saturated rings. The summed E-state index contributed by atoms with van der Waals surface area (Å²) < 4.78 is 12.2. The van der Waals surface area contributed by atoms with Crippen LogP contribution in [0.15, 0.2) is 29.1 Å². The van der Waals surface area contributed by atoms with Crippen LogP contribution in [0.5, 0.6) is 5.75 Å². The van der Waals surface area contributed by atoms with E-state index in [9.17, 15) is 14.7 Å². The van der Waals surface area contributed by atoms with Gasteiger partial charge in [-0.3, -0.25) is 10.2 Å². The Labute approximate surface area is 183 Å². The van der Waals surface area contributed by atoms with Gasteiger partial charge in [0.15, 0.2) is 5.60 Å². The first kappa shape index (κ1) is 20.2. The number of anilines is 1. The Bertz CT molecular complexity index is 1380. The van der Waals surface area contributed by atoms with Crippen LogP contribution in [-0.4, -0.2) is 41.1 Å². The summed E-state index contributed by atoms with van der Waals surface area (Å²) in [5.41, 5.74) is 1.84. The molecule has 5 rings (SSSR count). The lowest BCUT2D eigenvalue weighted by atomic mass is 9.86. The molecule has 0 unspecified atom stereocenters. The Morgan fingerprint density at radius 2 is 2.16 bits per heavy atom. The first-order chi connectivity index (χ1) is 15.3. The second-order valence-electron chi connectivity index (χ2n) is 8.02. The maximum atomic E-state index is 13.3. The molecule has 9 heteroatoms. The number of pyridine rings is 2. The number of cyclic esters (lactones) is 1. The maximum Gasteiger partial charge on any atom is 0.343 e. The third-order valence-electron chi connectivity index (χ3n) is 6.39. The standard InChI is InChI=1S/C23H22N4O5/c1-4-23(30)15-8-17-19-12(9-27(17)21(28)14(15)10-32-22(23)29)7-13-16(25-19)5-6-18(31-3)20(13)26(2)11-24/h5-8,11,24,30H,4,9-10H2,1-3H3/t23-/m0/s1. The van der Waals surface area contributed by atoms with Crippen molar-refractivity contribution in [2.45, 2.75) is 32.1 Å². The second kappa shape index (κ2) is 6.89. The van der Waals surface area contributed by atoms with E-state index in [1.54, 1.807) is 42.7 Å². The quantitative estimate of drug-likeness (QED) is 0.287. The van der Waals surface area contributed by atoms with E-state index in [4.69, 9.17) is 19.9 Å². The minimum absolute atomic E-state index is 0.0961. The smallest absolute Gasteiger partial charge is 0.343 e. The topological polar surface area (TPSA) is 118 Å². The first-order valence-electron chi connectivity index (χ1n) is 10.2. The van der Waals surface area contributed by atoms with Gasteiger partial charge in [0.05, 0.1) is 48.1 Å². The van der Waals surface area contributed by atoms with Gasteiger partial charge in [-0.05, 0) is 30.7 Å². The number of esters is 1. The van der Waals surface area contributed by atoms with Crippen LogP contribution in [0.25, 0.3) is 22.3 Å². The molecule has 0 bridgehead atoms. The van der Waals surface area contributed by atoms with Crippen molar-refractivity contribution in [1.29, 1.82) is 5.41 Å². The van der Waals surface area contributed by atoms with Gasteiger partial charge in [-0.2, -0.15) is 0 Å². The van der Waals surface area contributed by atoms with Crippen LogP contribution in [-0.2, 0) is 28.3 Å². The summed E-state index contributed by atoms with van der Waals surface area (Å²) >= 11 is 0. The molecule has 2 aliphatic rings. The molecule has 9 nitrogen and oxygen atoms in total. The maximum absolute atomic E-state index is 13.3. The molecule has 0 spiro atoms. The van der Waals surface area contributed by atoms with Gasteiger partial charge in [0.1, 0.15) is 12.4 Å². The van der Waals surface area contributed by atoms with Gasteiger partial charge in [-0.1, -0.05) is 6.92 Å². The van der Waals surface area contributed by atoms with Gasteiger partial charge in [0.2, 0.25) is 0 Å². The number of rotatable bonds is 4. The van der Waals surface area contributed by atoms with Gasteiger partial charge < -0.3 is 24.0 Å². The van der Waals surface area contributed by atoms with Crippen molar-refractivity contribution in [3.8, 4) is 17.1 Å². The van der Waals surface area contributed by atoms with Crippen molar-refractivity contribution in [3.05, 3.63) is 51.3 Å². The molecule has 0 radical (unpaired) electrons. The van der Waals surface area contributed by atoms with Crippen LogP contribution >= 0.6 is 0 Å². The third kappa shape index (κ3) is 2.54. The third-order valence-corrected chi connectivity index (χ3v) is 6.39. The Morgan fingerprint density at radius 3 is 2.84 bits per heavy atom. The molecule has 1 atom stereocenters. The molecular weight excluding hydrogens is 412 g/mol. The van der Waals surface area contributed by atoms with E-state index >= 15 is 0 Å². The second-order valence-corrected chi connectivity index (χ2v) is 8.02. The average Bonchev–Trinajstić information content (AvgIpc) is 3.17. The minimum Gasteiger partial charge on any atom is -0.495 e. The van der Waals surface area contributed by atoms with Crippen molar-refractivity contribution in [3.63, 3.8) is 0 Å². The number of aromatic nitrogens is 2. The predicted molar refractivity (Wildman–Crippen MR) is 118 cm³/mol. The molecule has 2 aromatic heterocycles. The van der Waals surface area contributed by atoms with E-state index in [0.29, 0.717) is 46.0 Å². The van der Waals surface area contributed by atoms with Crippen LogP contribution < -0.4 is 15.2 Å². The van der Waals surface area contributed by atoms with Crippen molar-refractivity contribution in [2.75, 3.05) is 19.1 Å². The Morgan fingerprint density at radius 1 is 1.38 bits per heavy atom. The van der Waals surface area contributed by atoms with Crippen LogP contribution in [0.1, 0.15) is 30.0 Å². The zero-order valence-corrected chi connectivity index (χ0v) is 17.9. The van der Waals surface area contributed by atoms with E-state index in [1.807, 2.05) is 12.1 Å². The number of hydrogen-bond donors (Lipinski definition) is 2. The fourth-order valence-corrected chi connectivity index (χ4v) is 4.61. The fraction of sp³-hybridized carbons (Fsp3) is 0.304. The number of ether oxygens (including phenoxy) is 2. The van der Waals surface area contributed by atoms with Crippen molar-refractivity contribution < 1.29 is 19.4 Å². The van der Waals surface area contributed by atoms with Gasteiger partial charge in [0.25, 0.3) is 5.56 Å². The Balaban J connectivity index is 1.77. The molecule has 32 heavy (non-hydrogen) atoms. The van der Waals surface area contributed by atoms with E-state index < -0.39 is 11.6 Å². The average molecular weight is 434 g/mol. The van der Waals surface area contributed by atoms with E-state index in [-0.39, 0.29) is 18.6 Å². The van der Waals surface area contributed by atoms with Crippen LogP contribution in [0.2, 0.25) is 0 Å². The number of nitrogens with zero attached hydrogens (tertiary/aromatic N) is 3. The first-order valence-corrected chi connectivity index (χ1v) is 10.2. The summed E-state index contributed by atoms with van der Waals surface area (Å²) in [7, 11) is 3.33. The minimum atomic E-state index is -1.85. The highest BCUT2D eigenvalue weighted by Crippen LogP contribution is 2.41. The number of hydrogen-bond acceptors (Lipinski definition) is 7. The van der Waals surface area contributed by atoms with E-state index in [2.05, 4.69) is 0 Å². The number of aliphatic hydroxyl groups is 1. The highest BCUT2D eigenvalue weighted by molar-refractivity contribution is 6.01. The monoisotopic (exact) mass is 434 g/mol. The van der Waals surface area contributed by atoms with Crippen molar-refractivity contribution in [2.24, 2.45) is 0 Å². The largest absolute Gasteiger partial charge is 0.495 e. The number of methoxy groups -OCH3 is 1. The van der Waals surface area contributed by atoms with Crippen LogP contribution in [0, 0.1) is 5.41 Å². The van der Waals surface area contributed by atoms with E-state index in [0.717, 1.165) is 10.9 Å². The van der Waals surface area contributed by atoms with Crippen LogP contribution in [0.3, 0.4) is 0 Å².